The maximum Gasteiger partial charge on any atom is 0.128 e. The molecule has 0 amide bonds. The molecule has 16 heavy (non-hydrogen) atoms. The van der Waals surface area contributed by atoms with Crippen LogP contribution in [-0.2, 0) is 0 Å². The summed E-state index contributed by atoms with van der Waals surface area (Å²) < 4.78 is 14.7. The first-order valence-corrected chi connectivity index (χ1v) is 6.57. The molecule has 0 radical (unpaired) electrons. The molecular formula is C13H19BrFN. The van der Waals surface area contributed by atoms with Gasteiger partial charge in [-0.2, -0.15) is 0 Å². The van der Waals surface area contributed by atoms with E-state index in [-0.39, 0.29) is 11.9 Å². The van der Waals surface area contributed by atoms with Crippen LogP contribution < -0.4 is 5.32 Å². The first kappa shape index (κ1) is 13.7. The Balaban J connectivity index is 3.04. The summed E-state index contributed by atoms with van der Waals surface area (Å²) in [6, 6.07) is 5.21. The molecule has 1 aromatic carbocycles. The van der Waals surface area contributed by atoms with Gasteiger partial charge >= 0.3 is 0 Å². The van der Waals surface area contributed by atoms with Crippen LogP contribution >= 0.6 is 15.9 Å². The first-order valence-electron chi connectivity index (χ1n) is 5.78. The van der Waals surface area contributed by atoms with Gasteiger partial charge in [0.05, 0.1) is 0 Å². The predicted molar refractivity (Wildman–Crippen MR) is 70.0 cm³/mol. The summed E-state index contributed by atoms with van der Waals surface area (Å²) in [5.74, 6) is 0.290. The highest BCUT2D eigenvalue weighted by Gasteiger charge is 2.20. The highest BCUT2D eigenvalue weighted by molar-refractivity contribution is 9.10. The summed E-state index contributed by atoms with van der Waals surface area (Å²) in [6.45, 7) is 7.17. The number of rotatable bonds is 5. The molecule has 1 aromatic rings. The highest BCUT2D eigenvalue weighted by atomic mass is 79.9. The SMILES string of the molecule is CCNC(c1cc(Br)ccc1F)C(C)CC. The summed E-state index contributed by atoms with van der Waals surface area (Å²) in [4.78, 5) is 0. The van der Waals surface area contributed by atoms with E-state index >= 15 is 0 Å². The van der Waals surface area contributed by atoms with Crippen molar-refractivity contribution in [3.63, 3.8) is 0 Å². The fraction of sp³-hybridized carbons (Fsp3) is 0.538. The fourth-order valence-corrected chi connectivity index (χ4v) is 2.21. The Kier molecular flexibility index (Phi) is 5.42. The maximum atomic E-state index is 13.8. The molecule has 0 saturated carbocycles. The van der Waals surface area contributed by atoms with Crippen molar-refractivity contribution in [2.75, 3.05) is 6.54 Å². The molecule has 1 rings (SSSR count). The number of halogens is 2. The van der Waals surface area contributed by atoms with E-state index in [9.17, 15) is 4.39 Å². The number of nitrogens with one attached hydrogen (secondary N) is 1. The zero-order valence-electron chi connectivity index (χ0n) is 10.1. The molecule has 1 nitrogen and oxygen atoms in total. The molecule has 0 aliphatic rings. The van der Waals surface area contributed by atoms with E-state index in [4.69, 9.17) is 0 Å². The molecule has 0 aliphatic carbocycles. The number of hydrogen-bond donors (Lipinski definition) is 1. The van der Waals surface area contributed by atoms with Crippen molar-refractivity contribution in [3.8, 4) is 0 Å². The monoisotopic (exact) mass is 287 g/mol. The summed E-state index contributed by atoms with van der Waals surface area (Å²) in [5.41, 5.74) is 0.755. The van der Waals surface area contributed by atoms with E-state index < -0.39 is 0 Å². The van der Waals surface area contributed by atoms with Crippen LogP contribution in [0.15, 0.2) is 22.7 Å². The van der Waals surface area contributed by atoms with Crippen molar-refractivity contribution >= 4 is 15.9 Å². The van der Waals surface area contributed by atoms with E-state index in [0.29, 0.717) is 5.92 Å². The largest absolute Gasteiger partial charge is 0.310 e. The molecule has 0 heterocycles. The molecule has 90 valence electrons. The quantitative estimate of drug-likeness (QED) is 0.852. The molecule has 0 fully saturated rings. The smallest absolute Gasteiger partial charge is 0.128 e. The lowest BCUT2D eigenvalue weighted by Crippen LogP contribution is -2.27. The Bertz CT molecular complexity index is 341. The molecule has 2 atom stereocenters. The Morgan fingerprint density at radius 2 is 2.06 bits per heavy atom. The molecule has 3 heteroatoms. The first-order chi connectivity index (χ1) is 7.60. The molecule has 0 aliphatic heterocycles. The minimum Gasteiger partial charge on any atom is -0.310 e. The van der Waals surface area contributed by atoms with Gasteiger partial charge in [0.15, 0.2) is 0 Å². The van der Waals surface area contributed by atoms with Crippen molar-refractivity contribution in [3.05, 3.63) is 34.1 Å². The average molecular weight is 288 g/mol. The standard InChI is InChI=1S/C13H19BrFN/c1-4-9(3)13(16-5-2)11-8-10(14)6-7-12(11)15/h6-9,13,16H,4-5H2,1-3H3. The summed E-state index contributed by atoms with van der Waals surface area (Å²) in [7, 11) is 0. The summed E-state index contributed by atoms with van der Waals surface area (Å²) in [5, 5.41) is 3.36. The predicted octanol–water partition coefficient (Wildman–Crippen LogP) is 4.28. The summed E-state index contributed by atoms with van der Waals surface area (Å²) in [6.07, 6.45) is 1.03. The lowest BCUT2D eigenvalue weighted by atomic mass is 9.92. The lowest BCUT2D eigenvalue weighted by molar-refractivity contribution is 0.372. The van der Waals surface area contributed by atoms with E-state index in [1.54, 1.807) is 6.07 Å². The van der Waals surface area contributed by atoms with E-state index in [1.165, 1.54) is 6.07 Å². The molecule has 2 unspecified atom stereocenters. The molecule has 0 spiro atoms. The van der Waals surface area contributed by atoms with Gasteiger partial charge < -0.3 is 5.32 Å². The zero-order valence-corrected chi connectivity index (χ0v) is 11.6. The number of benzene rings is 1. The van der Waals surface area contributed by atoms with Gasteiger partial charge in [-0.25, -0.2) is 4.39 Å². The van der Waals surface area contributed by atoms with Crippen LogP contribution in [0.2, 0.25) is 0 Å². The van der Waals surface area contributed by atoms with Crippen LogP contribution in [0, 0.1) is 11.7 Å². The third kappa shape index (κ3) is 3.29. The second kappa shape index (κ2) is 6.36. The third-order valence-electron chi connectivity index (χ3n) is 2.93. The van der Waals surface area contributed by atoms with Gasteiger partial charge in [0, 0.05) is 16.1 Å². The molecular weight excluding hydrogens is 269 g/mol. The minimum absolute atomic E-state index is 0.0903. The maximum absolute atomic E-state index is 13.8. The van der Waals surface area contributed by atoms with Gasteiger partial charge in [0.1, 0.15) is 5.82 Å². The highest BCUT2D eigenvalue weighted by Crippen LogP contribution is 2.28. The molecule has 1 N–H and O–H groups in total. The Morgan fingerprint density at radius 1 is 1.38 bits per heavy atom. The lowest BCUT2D eigenvalue weighted by Gasteiger charge is -2.25. The Morgan fingerprint density at radius 3 is 2.62 bits per heavy atom. The second-order valence-electron chi connectivity index (χ2n) is 4.09. The number of hydrogen-bond acceptors (Lipinski definition) is 1. The van der Waals surface area contributed by atoms with Gasteiger partial charge in [-0.15, -0.1) is 0 Å². The topological polar surface area (TPSA) is 12.0 Å². The normalized spacial score (nSPS) is 14.8. The Hall–Kier alpha value is -0.410. The second-order valence-corrected chi connectivity index (χ2v) is 5.00. The molecule has 0 bridgehead atoms. The van der Waals surface area contributed by atoms with Crippen LogP contribution in [0.5, 0.6) is 0 Å². The minimum atomic E-state index is -0.130. The van der Waals surface area contributed by atoms with E-state index in [0.717, 1.165) is 23.0 Å². The van der Waals surface area contributed by atoms with Crippen molar-refractivity contribution < 1.29 is 4.39 Å². The van der Waals surface area contributed by atoms with Crippen molar-refractivity contribution in [1.29, 1.82) is 0 Å². The molecule has 0 aromatic heterocycles. The van der Waals surface area contributed by atoms with Gasteiger partial charge in [0.25, 0.3) is 0 Å². The van der Waals surface area contributed by atoms with Gasteiger partial charge in [0.2, 0.25) is 0 Å². The molecule has 0 saturated heterocycles. The van der Waals surface area contributed by atoms with Gasteiger partial charge in [-0.1, -0.05) is 43.1 Å². The van der Waals surface area contributed by atoms with Crippen molar-refractivity contribution in [2.45, 2.75) is 33.2 Å². The Labute approximate surface area is 106 Å². The van der Waals surface area contributed by atoms with Crippen LogP contribution in [0.4, 0.5) is 4.39 Å². The van der Waals surface area contributed by atoms with E-state index in [1.807, 2.05) is 13.0 Å². The third-order valence-corrected chi connectivity index (χ3v) is 3.42. The fourth-order valence-electron chi connectivity index (χ4n) is 1.83. The van der Waals surface area contributed by atoms with Crippen LogP contribution in [0.1, 0.15) is 38.8 Å². The van der Waals surface area contributed by atoms with Crippen molar-refractivity contribution in [1.82, 2.24) is 5.32 Å². The van der Waals surface area contributed by atoms with Gasteiger partial charge in [-0.3, -0.25) is 0 Å². The van der Waals surface area contributed by atoms with Crippen LogP contribution in [0.3, 0.4) is 0 Å². The zero-order chi connectivity index (χ0) is 12.1. The summed E-state index contributed by atoms with van der Waals surface area (Å²) >= 11 is 3.39. The van der Waals surface area contributed by atoms with Gasteiger partial charge in [-0.05, 0) is 30.7 Å². The van der Waals surface area contributed by atoms with Crippen LogP contribution in [-0.4, -0.2) is 6.54 Å². The van der Waals surface area contributed by atoms with Crippen molar-refractivity contribution in [2.24, 2.45) is 5.92 Å². The van der Waals surface area contributed by atoms with E-state index in [2.05, 4.69) is 35.1 Å². The average Bonchev–Trinajstić information content (AvgIpc) is 2.28. The van der Waals surface area contributed by atoms with Crippen LogP contribution in [0.25, 0.3) is 0 Å².